The van der Waals surface area contributed by atoms with Gasteiger partial charge in [-0.25, -0.2) is 4.98 Å². The number of carbonyl (C=O) groups is 2. The molecule has 2 heterocycles. The largest absolute Gasteiger partial charge is 0.456 e. The van der Waals surface area contributed by atoms with Crippen molar-refractivity contribution < 1.29 is 14.3 Å². The van der Waals surface area contributed by atoms with Gasteiger partial charge in [-0.3, -0.25) is 19.0 Å². The highest BCUT2D eigenvalue weighted by molar-refractivity contribution is 7.17. The number of nitrogens with zero attached hydrogens (tertiary/aromatic N) is 2. The van der Waals surface area contributed by atoms with Crippen molar-refractivity contribution in [2.45, 2.75) is 34.2 Å². The van der Waals surface area contributed by atoms with E-state index < -0.39 is 11.4 Å². The number of rotatable bonds is 5. The molecule has 0 aliphatic heterocycles. The molecule has 0 bridgehead atoms. The fourth-order valence-electron chi connectivity index (χ4n) is 2.57. The zero-order valence-electron chi connectivity index (χ0n) is 16.3. The van der Waals surface area contributed by atoms with Crippen molar-refractivity contribution in [3.05, 3.63) is 51.9 Å². The number of aromatic nitrogens is 2. The van der Waals surface area contributed by atoms with Crippen LogP contribution < -0.4 is 5.56 Å². The van der Waals surface area contributed by atoms with Crippen molar-refractivity contribution in [3.8, 4) is 11.1 Å². The van der Waals surface area contributed by atoms with Crippen LogP contribution in [0.4, 0.5) is 0 Å². The van der Waals surface area contributed by atoms with Crippen molar-refractivity contribution in [2.75, 3.05) is 6.61 Å². The van der Waals surface area contributed by atoms with Crippen LogP contribution in [0.1, 0.15) is 26.3 Å². The molecule has 0 fully saturated rings. The Labute approximate surface area is 166 Å². The third-order valence-electron chi connectivity index (χ3n) is 4.42. The molecule has 0 aliphatic carbocycles. The number of esters is 1. The molecule has 0 unspecified atom stereocenters. The van der Waals surface area contributed by atoms with Crippen LogP contribution in [0.3, 0.4) is 0 Å². The van der Waals surface area contributed by atoms with E-state index in [0.717, 1.165) is 16.7 Å². The normalized spacial score (nSPS) is 11.6. The van der Waals surface area contributed by atoms with Crippen molar-refractivity contribution in [3.63, 3.8) is 0 Å². The number of carbonyl (C=O) groups excluding carboxylic acids is 2. The van der Waals surface area contributed by atoms with E-state index >= 15 is 0 Å². The van der Waals surface area contributed by atoms with E-state index in [1.807, 2.05) is 36.6 Å². The number of hydrogen-bond acceptors (Lipinski definition) is 6. The van der Waals surface area contributed by atoms with Crippen LogP contribution >= 0.6 is 11.3 Å². The van der Waals surface area contributed by atoms with Gasteiger partial charge < -0.3 is 4.74 Å². The van der Waals surface area contributed by atoms with Crippen molar-refractivity contribution in [1.82, 2.24) is 9.55 Å². The van der Waals surface area contributed by atoms with Gasteiger partial charge in [-0.1, -0.05) is 50.6 Å². The molecule has 0 aliphatic rings. The summed E-state index contributed by atoms with van der Waals surface area (Å²) in [7, 11) is 0. The summed E-state index contributed by atoms with van der Waals surface area (Å²) in [5.41, 5.74) is 1.96. The molecule has 6 nitrogen and oxygen atoms in total. The first kappa shape index (κ1) is 19.9. The van der Waals surface area contributed by atoms with E-state index in [-0.39, 0.29) is 24.5 Å². The maximum absolute atomic E-state index is 12.9. The summed E-state index contributed by atoms with van der Waals surface area (Å²) in [5.74, 6) is -0.825. The van der Waals surface area contributed by atoms with Gasteiger partial charge in [0.05, 0.1) is 11.7 Å². The number of ether oxygens (including phenoxy) is 1. The number of benzene rings is 1. The van der Waals surface area contributed by atoms with E-state index in [1.165, 1.54) is 22.2 Å². The van der Waals surface area contributed by atoms with Gasteiger partial charge in [-0.2, -0.15) is 0 Å². The van der Waals surface area contributed by atoms with E-state index in [9.17, 15) is 14.4 Å². The number of ketones is 1. The minimum absolute atomic E-state index is 0.179. The fraction of sp³-hybridized carbons (Fsp3) is 0.333. The molecule has 0 atom stereocenters. The third kappa shape index (κ3) is 4.20. The monoisotopic (exact) mass is 398 g/mol. The Hall–Kier alpha value is -2.80. The zero-order valence-corrected chi connectivity index (χ0v) is 17.1. The van der Waals surface area contributed by atoms with Crippen molar-refractivity contribution >= 4 is 33.3 Å². The minimum atomic E-state index is -0.645. The SMILES string of the molecule is Cc1ccc(-c2csc3ncn(CC(=O)OCC(=O)C(C)(C)C)c(=O)c23)cc1. The molecule has 0 N–H and O–H groups in total. The summed E-state index contributed by atoms with van der Waals surface area (Å²) in [6, 6.07) is 7.88. The average Bonchev–Trinajstić information content (AvgIpc) is 3.06. The molecular formula is C21H22N2O4S. The molecule has 7 heteroatoms. The number of hydrogen-bond donors (Lipinski definition) is 0. The lowest BCUT2D eigenvalue weighted by Gasteiger charge is -2.16. The van der Waals surface area contributed by atoms with Gasteiger partial charge in [0, 0.05) is 16.4 Å². The lowest BCUT2D eigenvalue weighted by molar-refractivity contribution is -0.150. The van der Waals surface area contributed by atoms with Crippen molar-refractivity contribution in [1.29, 1.82) is 0 Å². The van der Waals surface area contributed by atoms with Crippen LogP contribution in [0, 0.1) is 12.3 Å². The van der Waals surface area contributed by atoms with Gasteiger partial charge in [0.15, 0.2) is 12.4 Å². The zero-order chi connectivity index (χ0) is 20.5. The van der Waals surface area contributed by atoms with E-state index in [4.69, 9.17) is 4.74 Å². The first-order valence-electron chi connectivity index (χ1n) is 8.89. The van der Waals surface area contributed by atoms with Gasteiger partial charge in [0.1, 0.15) is 11.4 Å². The smallest absolute Gasteiger partial charge is 0.326 e. The quantitative estimate of drug-likeness (QED) is 0.614. The van der Waals surface area contributed by atoms with Crippen LogP contribution in [0.5, 0.6) is 0 Å². The molecule has 2 aromatic heterocycles. The van der Waals surface area contributed by atoms with Crippen LogP contribution in [0.15, 0.2) is 40.8 Å². The highest BCUT2D eigenvalue weighted by Gasteiger charge is 2.23. The van der Waals surface area contributed by atoms with Gasteiger partial charge >= 0.3 is 5.97 Å². The third-order valence-corrected chi connectivity index (χ3v) is 5.31. The molecule has 0 radical (unpaired) electrons. The Bertz CT molecular complexity index is 1090. The standard InChI is InChI=1S/C21H22N2O4S/c1-13-5-7-14(8-6-13)15-11-28-19-18(15)20(26)23(12-22-19)9-17(25)27-10-16(24)21(2,3)4/h5-8,11-12H,9-10H2,1-4H3. The molecule has 0 spiro atoms. The number of fused-ring (bicyclic) bond motifs is 1. The van der Waals surface area contributed by atoms with E-state index in [0.29, 0.717) is 10.2 Å². The van der Waals surface area contributed by atoms with Gasteiger partial charge in [0.2, 0.25) is 0 Å². The summed E-state index contributed by atoms with van der Waals surface area (Å²) < 4.78 is 6.26. The summed E-state index contributed by atoms with van der Waals surface area (Å²) in [6.07, 6.45) is 1.34. The predicted molar refractivity (Wildman–Crippen MR) is 109 cm³/mol. The molecule has 146 valence electrons. The highest BCUT2D eigenvalue weighted by atomic mass is 32.1. The summed E-state index contributed by atoms with van der Waals surface area (Å²) >= 11 is 1.39. The van der Waals surface area contributed by atoms with Crippen LogP contribution in [-0.2, 0) is 20.9 Å². The summed E-state index contributed by atoms with van der Waals surface area (Å²) in [4.78, 5) is 41.9. The summed E-state index contributed by atoms with van der Waals surface area (Å²) in [5, 5.41) is 2.38. The molecular weight excluding hydrogens is 376 g/mol. The van der Waals surface area contributed by atoms with Gasteiger partial charge in [0.25, 0.3) is 5.56 Å². The second kappa shape index (κ2) is 7.67. The topological polar surface area (TPSA) is 78.3 Å². The van der Waals surface area contributed by atoms with Crippen LogP contribution in [0.2, 0.25) is 0 Å². The Morgan fingerprint density at radius 2 is 1.86 bits per heavy atom. The molecule has 0 amide bonds. The number of Topliss-reactive ketones (excluding diaryl/α,β-unsaturated/α-hetero) is 1. The Morgan fingerprint density at radius 3 is 2.50 bits per heavy atom. The van der Waals surface area contributed by atoms with Crippen molar-refractivity contribution in [2.24, 2.45) is 5.41 Å². The fourth-order valence-corrected chi connectivity index (χ4v) is 3.48. The molecule has 1 aromatic carbocycles. The van der Waals surface area contributed by atoms with E-state index in [1.54, 1.807) is 20.8 Å². The van der Waals surface area contributed by atoms with E-state index in [2.05, 4.69) is 4.98 Å². The molecule has 0 saturated heterocycles. The Balaban J connectivity index is 1.85. The lowest BCUT2D eigenvalue weighted by atomic mass is 9.91. The second-order valence-electron chi connectivity index (χ2n) is 7.71. The van der Waals surface area contributed by atoms with Gasteiger partial charge in [-0.05, 0) is 12.5 Å². The maximum Gasteiger partial charge on any atom is 0.326 e. The van der Waals surface area contributed by atoms with Gasteiger partial charge in [-0.15, -0.1) is 11.3 Å². The molecule has 3 aromatic rings. The Kier molecular flexibility index (Phi) is 5.47. The summed E-state index contributed by atoms with van der Waals surface area (Å²) in [6.45, 7) is 6.68. The van der Waals surface area contributed by atoms with Crippen LogP contribution in [-0.4, -0.2) is 27.9 Å². The molecule has 28 heavy (non-hydrogen) atoms. The number of thiophene rings is 1. The Morgan fingerprint density at radius 1 is 1.18 bits per heavy atom. The van der Waals surface area contributed by atoms with Crippen LogP contribution in [0.25, 0.3) is 21.3 Å². The minimum Gasteiger partial charge on any atom is -0.456 e. The first-order valence-corrected chi connectivity index (χ1v) is 9.77. The molecule has 3 rings (SSSR count). The first-order chi connectivity index (χ1) is 13.2. The number of aryl methyl sites for hydroxylation is 1. The molecule has 0 saturated carbocycles. The predicted octanol–water partition coefficient (Wildman–Crippen LogP) is 3.59. The second-order valence-corrected chi connectivity index (χ2v) is 8.57. The maximum atomic E-state index is 12.9. The average molecular weight is 398 g/mol. The highest BCUT2D eigenvalue weighted by Crippen LogP contribution is 2.30. The lowest BCUT2D eigenvalue weighted by Crippen LogP contribution is -2.29.